The number of halogens is 1. The maximum absolute atomic E-state index is 13.2. The number of nitrogens with zero attached hydrogens (tertiary/aromatic N) is 1. The van der Waals surface area contributed by atoms with Crippen molar-refractivity contribution < 1.29 is 4.79 Å². The van der Waals surface area contributed by atoms with Gasteiger partial charge in [0.1, 0.15) is 0 Å². The molecule has 0 unspecified atom stereocenters. The first-order chi connectivity index (χ1) is 14.7. The van der Waals surface area contributed by atoms with Crippen LogP contribution in [-0.2, 0) is 12.0 Å². The average molecular weight is 479 g/mol. The predicted octanol–water partition coefficient (Wildman–Crippen LogP) is 6.81. The molecule has 2 aliphatic rings. The van der Waals surface area contributed by atoms with Crippen LogP contribution in [0.25, 0.3) is 10.9 Å². The molecule has 1 aromatic heterocycles. The lowest BCUT2D eigenvalue weighted by atomic mass is 9.54. The second-order valence-corrected chi connectivity index (χ2v) is 11.5. The topological polar surface area (TPSA) is 34.0 Å². The van der Waals surface area contributed by atoms with Crippen LogP contribution >= 0.6 is 15.9 Å². The first-order valence-corrected chi connectivity index (χ1v) is 12.2. The molecule has 3 nitrogen and oxygen atoms in total. The molecule has 2 aliphatic carbocycles. The summed E-state index contributed by atoms with van der Waals surface area (Å²) in [5.41, 5.74) is 5.05. The Morgan fingerprint density at radius 1 is 1.10 bits per heavy atom. The minimum Gasteiger partial charge on any atom is -0.349 e. The van der Waals surface area contributed by atoms with Gasteiger partial charge in [-0.25, -0.2) is 0 Å². The van der Waals surface area contributed by atoms with Crippen molar-refractivity contribution >= 4 is 32.7 Å². The van der Waals surface area contributed by atoms with Gasteiger partial charge in [-0.05, 0) is 65.8 Å². The summed E-state index contributed by atoms with van der Waals surface area (Å²) in [6.45, 7) is 7.45. The molecule has 0 radical (unpaired) electrons. The van der Waals surface area contributed by atoms with Crippen molar-refractivity contribution in [2.45, 2.75) is 70.9 Å². The molecule has 2 aromatic carbocycles. The van der Waals surface area contributed by atoms with Crippen molar-refractivity contribution in [2.75, 3.05) is 0 Å². The number of hydrogen-bond acceptors (Lipinski definition) is 1. The summed E-state index contributed by atoms with van der Waals surface area (Å²) in [5.74, 6) is 0.0553. The molecule has 0 aliphatic heterocycles. The Morgan fingerprint density at radius 3 is 2.42 bits per heavy atom. The lowest BCUT2D eigenvalue weighted by Crippen LogP contribution is -2.53. The van der Waals surface area contributed by atoms with Gasteiger partial charge in [-0.1, -0.05) is 67.4 Å². The molecule has 1 spiro atoms. The number of hydrogen-bond donors (Lipinski definition) is 1. The maximum atomic E-state index is 13.2. The molecule has 0 atom stereocenters. The molecule has 0 saturated heterocycles. The molecule has 1 heterocycles. The van der Waals surface area contributed by atoms with E-state index in [1.807, 2.05) is 12.1 Å². The predicted molar refractivity (Wildman–Crippen MR) is 131 cm³/mol. The van der Waals surface area contributed by atoms with Crippen LogP contribution in [0.3, 0.4) is 0 Å². The van der Waals surface area contributed by atoms with Gasteiger partial charge in [0.15, 0.2) is 0 Å². The zero-order chi connectivity index (χ0) is 21.8. The van der Waals surface area contributed by atoms with E-state index in [0.29, 0.717) is 11.5 Å². The van der Waals surface area contributed by atoms with Gasteiger partial charge < -0.3 is 9.88 Å². The molecule has 31 heavy (non-hydrogen) atoms. The van der Waals surface area contributed by atoms with E-state index in [-0.39, 0.29) is 11.3 Å². The molecule has 2 saturated carbocycles. The van der Waals surface area contributed by atoms with Crippen LogP contribution in [0.1, 0.15) is 74.4 Å². The van der Waals surface area contributed by atoms with Crippen molar-refractivity contribution in [3.05, 3.63) is 69.8 Å². The van der Waals surface area contributed by atoms with Crippen LogP contribution in [0.4, 0.5) is 0 Å². The van der Waals surface area contributed by atoms with Crippen LogP contribution in [-0.4, -0.2) is 16.5 Å². The lowest BCUT2D eigenvalue weighted by Gasteiger charge is -2.54. The Morgan fingerprint density at radius 2 is 1.81 bits per heavy atom. The zero-order valence-corrected chi connectivity index (χ0v) is 20.3. The summed E-state index contributed by atoms with van der Waals surface area (Å²) in [6.07, 6.45) is 8.45. The fourth-order valence-electron chi connectivity index (χ4n) is 5.35. The normalized spacial score (nSPS) is 18.1. The second-order valence-electron chi connectivity index (χ2n) is 10.7. The maximum Gasteiger partial charge on any atom is 0.253 e. The van der Waals surface area contributed by atoms with Gasteiger partial charge in [0.2, 0.25) is 0 Å². The molecule has 1 amide bonds. The highest BCUT2D eigenvalue weighted by molar-refractivity contribution is 9.10. The smallest absolute Gasteiger partial charge is 0.253 e. The molecule has 0 bridgehead atoms. The first kappa shape index (κ1) is 20.8. The Bertz CT molecular complexity index is 1120. The number of aromatic nitrogens is 1. The zero-order valence-electron chi connectivity index (χ0n) is 18.7. The quantitative estimate of drug-likeness (QED) is 0.438. The largest absolute Gasteiger partial charge is 0.349 e. The Balaban J connectivity index is 1.40. The first-order valence-electron chi connectivity index (χ1n) is 11.4. The average Bonchev–Trinajstić information content (AvgIpc) is 3.07. The lowest BCUT2D eigenvalue weighted by molar-refractivity contribution is -0.000603. The SMILES string of the molecule is CC(C)(C)c1ccc(Cn2ccc3c(Br)ccc(C(=O)NC4CC5(CCC5)C4)c32)cc1. The van der Waals surface area contributed by atoms with Crippen molar-refractivity contribution in [2.24, 2.45) is 5.41 Å². The van der Waals surface area contributed by atoms with E-state index < -0.39 is 0 Å². The number of rotatable bonds is 4. The van der Waals surface area contributed by atoms with Gasteiger partial charge in [0.05, 0.1) is 11.1 Å². The minimum absolute atomic E-state index is 0.0553. The third-order valence-corrected chi connectivity index (χ3v) is 8.09. The van der Waals surface area contributed by atoms with E-state index >= 15 is 0 Å². The highest BCUT2D eigenvalue weighted by atomic mass is 79.9. The van der Waals surface area contributed by atoms with E-state index in [1.54, 1.807) is 0 Å². The van der Waals surface area contributed by atoms with E-state index in [0.717, 1.165) is 40.3 Å². The van der Waals surface area contributed by atoms with Gasteiger partial charge in [-0.3, -0.25) is 4.79 Å². The third-order valence-electron chi connectivity index (χ3n) is 7.40. The highest BCUT2D eigenvalue weighted by Gasteiger charge is 2.48. The molecule has 162 valence electrons. The van der Waals surface area contributed by atoms with Gasteiger partial charge in [-0.2, -0.15) is 0 Å². The van der Waals surface area contributed by atoms with E-state index in [1.165, 1.54) is 30.4 Å². The van der Waals surface area contributed by atoms with Crippen molar-refractivity contribution in [1.29, 1.82) is 0 Å². The van der Waals surface area contributed by atoms with Gasteiger partial charge in [0.25, 0.3) is 5.91 Å². The van der Waals surface area contributed by atoms with Crippen LogP contribution in [0, 0.1) is 5.41 Å². The number of carbonyl (C=O) groups excluding carboxylic acids is 1. The summed E-state index contributed by atoms with van der Waals surface area (Å²) >= 11 is 3.67. The molecule has 4 heteroatoms. The second kappa shape index (κ2) is 7.51. The summed E-state index contributed by atoms with van der Waals surface area (Å²) in [4.78, 5) is 13.2. The van der Waals surface area contributed by atoms with Crippen LogP contribution < -0.4 is 5.32 Å². The highest BCUT2D eigenvalue weighted by Crippen LogP contribution is 2.55. The fourth-order valence-corrected chi connectivity index (χ4v) is 5.80. The molecule has 2 fully saturated rings. The van der Waals surface area contributed by atoms with Crippen molar-refractivity contribution in [3.63, 3.8) is 0 Å². The number of amides is 1. The molecule has 1 N–H and O–H groups in total. The number of benzene rings is 2. The summed E-state index contributed by atoms with van der Waals surface area (Å²) in [7, 11) is 0. The minimum atomic E-state index is 0.0553. The van der Waals surface area contributed by atoms with E-state index in [2.05, 4.69) is 83.1 Å². The molecular weight excluding hydrogens is 448 g/mol. The standard InChI is InChI=1S/C27H31BrN2O/c1-26(2,3)19-7-5-18(6-8-19)17-30-14-11-21-23(28)10-9-22(24(21)30)25(31)29-20-15-27(16-20)12-4-13-27/h5-11,14,20H,4,12-13,15-17H2,1-3H3,(H,29,31). The van der Waals surface area contributed by atoms with E-state index in [4.69, 9.17) is 0 Å². The van der Waals surface area contributed by atoms with Crippen molar-refractivity contribution in [3.8, 4) is 0 Å². The van der Waals surface area contributed by atoms with E-state index in [9.17, 15) is 4.79 Å². The van der Waals surface area contributed by atoms with Gasteiger partial charge in [-0.15, -0.1) is 0 Å². The summed E-state index contributed by atoms with van der Waals surface area (Å²) < 4.78 is 3.23. The number of carbonyl (C=O) groups is 1. The van der Waals surface area contributed by atoms with Crippen LogP contribution in [0.5, 0.6) is 0 Å². The number of nitrogens with one attached hydrogen (secondary N) is 1. The van der Waals surface area contributed by atoms with Crippen LogP contribution in [0.2, 0.25) is 0 Å². The van der Waals surface area contributed by atoms with Crippen molar-refractivity contribution in [1.82, 2.24) is 9.88 Å². The molecular formula is C27H31BrN2O. The monoisotopic (exact) mass is 478 g/mol. The third kappa shape index (κ3) is 3.84. The summed E-state index contributed by atoms with van der Waals surface area (Å²) in [5, 5.41) is 4.39. The Hall–Kier alpha value is -2.07. The van der Waals surface area contributed by atoms with Gasteiger partial charge in [0, 0.05) is 28.6 Å². The fraction of sp³-hybridized carbons (Fsp3) is 0.444. The number of fused-ring (bicyclic) bond motifs is 1. The van der Waals surface area contributed by atoms with Gasteiger partial charge >= 0.3 is 0 Å². The Kier molecular flexibility index (Phi) is 5.04. The van der Waals surface area contributed by atoms with Crippen LogP contribution in [0.15, 0.2) is 53.1 Å². The molecule has 5 rings (SSSR count). The molecule has 3 aromatic rings. The Labute approximate surface area is 193 Å². The summed E-state index contributed by atoms with van der Waals surface area (Å²) in [6, 6.07) is 15.2.